The van der Waals surface area contributed by atoms with Crippen LogP contribution in [0.5, 0.6) is 5.75 Å². The number of nitrogens with zero attached hydrogens (tertiary/aromatic N) is 1. The number of halogens is 1. The number of rotatable bonds is 10. The molecule has 1 amide bonds. The van der Waals surface area contributed by atoms with Crippen molar-refractivity contribution in [2.45, 2.75) is 29.2 Å². The summed E-state index contributed by atoms with van der Waals surface area (Å²) in [5.41, 5.74) is 1.13. The zero-order chi connectivity index (χ0) is 26.5. The molecule has 3 aromatic carbocycles. The van der Waals surface area contributed by atoms with Crippen LogP contribution < -0.4 is 14.8 Å². The van der Waals surface area contributed by atoms with Gasteiger partial charge in [-0.15, -0.1) is 0 Å². The molecule has 0 bridgehead atoms. The van der Waals surface area contributed by atoms with Crippen LogP contribution in [0.25, 0.3) is 0 Å². The Bertz CT molecular complexity index is 1440. The molecule has 0 unspecified atom stereocenters. The van der Waals surface area contributed by atoms with E-state index >= 15 is 0 Å². The summed E-state index contributed by atoms with van der Waals surface area (Å²) < 4.78 is 59.7. The van der Waals surface area contributed by atoms with Crippen LogP contribution in [0.2, 0.25) is 5.02 Å². The van der Waals surface area contributed by atoms with Gasteiger partial charge in [-0.05, 0) is 79.1 Å². The standard InChI is InChI=1S/C25H26ClN3O6S2/c26-20-5-7-21(8-6-20)28-36(31,32)23-13-9-22(10-14-23)35-18-25(30)27-17-19-3-11-24(12-4-19)37(33,34)29-15-1-2-16-29/h3-14,28H,1-2,15-18H2,(H,27,30). The molecule has 0 radical (unpaired) electrons. The number of carbonyl (C=O) groups is 1. The predicted molar refractivity (Wildman–Crippen MR) is 140 cm³/mol. The average molecular weight is 564 g/mol. The van der Waals surface area contributed by atoms with Gasteiger partial charge < -0.3 is 10.1 Å². The summed E-state index contributed by atoms with van der Waals surface area (Å²) in [5.74, 6) is -0.0491. The van der Waals surface area contributed by atoms with E-state index < -0.39 is 20.0 Å². The minimum Gasteiger partial charge on any atom is -0.484 e. The lowest BCUT2D eigenvalue weighted by Crippen LogP contribution is -2.29. The first kappa shape index (κ1) is 26.9. The average Bonchev–Trinajstić information content (AvgIpc) is 3.44. The lowest BCUT2D eigenvalue weighted by molar-refractivity contribution is -0.123. The van der Waals surface area contributed by atoms with Crippen LogP contribution in [0.3, 0.4) is 0 Å². The maximum absolute atomic E-state index is 12.6. The molecule has 0 atom stereocenters. The lowest BCUT2D eigenvalue weighted by atomic mass is 10.2. The summed E-state index contributed by atoms with van der Waals surface area (Å²) in [7, 11) is -7.28. The number of anilines is 1. The Hall–Kier alpha value is -3.12. The van der Waals surface area contributed by atoms with E-state index in [0.29, 0.717) is 29.5 Å². The lowest BCUT2D eigenvalue weighted by Gasteiger charge is -2.15. The van der Waals surface area contributed by atoms with Crippen molar-refractivity contribution in [1.82, 2.24) is 9.62 Å². The minimum absolute atomic E-state index is 0.0365. The Balaban J connectivity index is 1.25. The molecule has 1 heterocycles. The first-order valence-corrected chi connectivity index (χ1v) is 14.8. The zero-order valence-electron chi connectivity index (χ0n) is 19.8. The minimum atomic E-state index is -3.80. The molecule has 2 N–H and O–H groups in total. The Kier molecular flexibility index (Phi) is 8.38. The van der Waals surface area contributed by atoms with Crippen molar-refractivity contribution in [2.75, 3.05) is 24.4 Å². The van der Waals surface area contributed by atoms with E-state index in [-0.39, 0.29) is 28.8 Å². The molecular weight excluding hydrogens is 538 g/mol. The number of amides is 1. The predicted octanol–water partition coefficient (Wildman–Crippen LogP) is 3.62. The molecule has 196 valence electrons. The molecule has 0 saturated carbocycles. The van der Waals surface area contributed by atoms with Crippen molar-refractivity contribution >= 4 is 43.2 Å². The summed E-state index contributed by atoms with van der Waals surface area (Å²) in [5, 5.41) is 3.21. The molecule has 3 aromatic rings. The van der Waals surface area contributed by atoms with Gasteiger partial charge in [-0.2, -0.15) is 4.31 Å². The molecule has 1 aliphatic rings. The fraction of sp³-hybridized carbons (Fsp3) is 0.240. The first-order chi connectivity index (χ1) is 17.6. The number of carbonyl (C=O) groups excluding carboxylic acids is 1. The fourth-order valence-corrected chi connectivity index (χ4v) is 6.41. The quantitative estimate of drug-likeness (QED) is 0.388. The van der Waals surface area contributed by atoms with Gasteiger partial charge in [0.25, 0.3) is 15.9 Å². The Morgan fingerprint density at radius 2 is 1.43 bits per heavy atom. The van der Waals surface area contributed by atoms with Crippen LogP contribution >= 0.6 is 11.6 Å². The summed E-state index contributed by atoms with van der Waals surface area (Å²) in [6, 6.07) is 18.4. The van der Waals surface area contributed by atoms with Crippen molar-refractivity contribution in [3.8, 4) is 5.75 Å². The smallest absolute Gasteiger partial charge is 0.261 e. The Morgan fingerprint density at radius 3 is 2.05 bits per heavy atom. The highest BCUT2D eigenvalue weighted by Crippen LogP contribution is 2.22. The molecule has 0 aliphatic carbocycles. The number of benzene rings is 3. The van der Waals surface area contributed by atoms with Crippen LogP contribution in [0.1, 0.15) is 18.4 Å². The number of ether oxygens (including phenoxy) is 1. The highest BCUT2D eigenvalue weighted by molar-refractivity contribution is 7.92. The second-order valence-electron chi connectivity index (χ2n) is 8.40. The first-order valence-electron chi connectivity index (χ1n) is 11.5. The van der Waals surface area contributed by atoms with E-state index in [1.807, 2.05) is 0 Å². The second-order valence-corrected chi connectivity index (χ2v) is 12.5. The largest absolute Gasteiger partial charge is 0.484 e. The fourth-order valence-electron chi connectivity index (χ4n) is 3.70. The third-order valence-electron chi connectivity index (χ3n) is 5.72. The highest BCUT2D eigenvalue weighted by Gasteiger charge is 2.26. The molecule has 1 aliphatic heterocycles. The number of sulfonamides is 2. The van der Waals surface area contributed by atoms with Gasteiger partial charge in [0.15, 0.2) is 6.61 Å². The van der Waals surface area contributed by atoms with Crippen molar-refractivity contribution in [2.24, 2.45) is 0 Å². The Labute approximate surface area is 221 Å². The second kappa shape index (κ2) is 11.5. The number of hydrogen-bond acceptors (Lipinski definition) is 6. The normalized spacial score (nSPS) is 14.3. The maximum Gasteiger partial charge on any atom is 0.261 e. The highest BCUT2D eigenvalue weighted by atomic mass is 35.5. The van der Waals surface area contributed by atoms with E-state index in [1.165, 1.54) is 28.6 Å². The molecule has 12 heteroatoms. The summed E-state index contributed by atoms with van der Waals surface area (Å²) in [6.45, 7) is 1.02. The maximum atomic E-state index is 12.6. The monoisotopic (exact) mass is 563 g/mol. The van der Waals surface area contributed by atoms with Crippen molar-refractivity contribution in [3.63, 3.8) is 0 Å². The van der Waals surface area contributed by atoms with E-state index in [9.17, 15) is 21.6 Å². The summed E-state index contributed by atoms with van der Waals surface area (Å²) in [6.07, 6.45) is 1.74. The van der Waals surface area contributed by atoms with E-state index in [4.69, 9.17) is 16.3 Å². The summed E-state index contributed by atoms with van der Waals surface area (Å²) in [4.78, 5) is 12.5. The van der Waals surface area contributed by atoms with Crippen LogP contribution in [0, 0.1) is 0 Å². The third kappa shape index (κ3) is 7.01. The van der Waals surface area contributed by atoms with Gasteiger partial charge in [0.05, 0.1) is 9.79 Å². The van der Waals surface area contributed by atoms with Gasteiger partial charge in [0.2, 0.25) is 10.0 Å². The summed E-state index contributed by atoms with van der Waals surface area (Å²) >= 11 is 5.82. The van der Waals surface area contributed by atoms with Crippen LogP contribution in [0.4, 0.5) is 5.69 Å². The molecule has 0 spiro atoms. The van der Waals surface area contributed by atoms with Gasteiger partial charge in [-0.3, -0.25) is 9.52 Å². The van der Waals surface area contributed by atoms with E-state index in [2.05, 4.69) is 10.0 Å². The molecule has 37 heavy (non-hydrogen) atoms. The SMILES string of the molecule is O=C(COc1ccc(S(=O)(=O)Nc2ccc(Cl)cc2)cc1)NCc1ccc(S(=O)(=O)N2CCCC2)cc1. The molecule has 9 nitrogen and oxygen atoms in total. The van der Waals surface area contributed by atoms with Gasteiger partial charge >= 0.3 is 0 Å². The van der Waals surface area contributed by atoms with Gasteiger partial charge in [0.1, 0.15) is 5.75 Å². The number of nitrogens with one attached hydrogen (secondary N) is 2. The molecule has 1 saturated heterocycles. The van der Waals surface area contributed by atoms with Crippen LogP contribution in [0.15, 0.2) is 82.6 Å². The molecule has 4 rings (SSSR count). The van der Waals surface area contributed by atoms with E-state index in [0.717, 1.165) is 18.4 Å². The molecular formula is C25H26ClN3O6S2. The zero-order valence-corrected chi connectivity index (χ0v) is 22.2. The van der Waals surface area contributed by atoms with Gasteiger partial charge in [-0.25, -0.2) is 16.8 Å². The van der Waals surface area contributed by atoms with Gasteiger partial charge in [0, 0.05) is 30.3 Å². The topological polar surface area (TPSA) is 122 Å². The van der Waals surface area contributed by atoms with Crippen LogP contribution in [-0.2, 0) is 31.4 Å². The van der Waals surface area contributed by atoms with Crippen molar-refractivity contribution in [3.05, 3.63) is 83.4 Å². The van der Waals surface area contributed by atoms with E-state index in [1.54, 1.807) is 48.5 Å². The van der Waals surface area contributed by atoms with Crippen LogP contribution in [-0.4, -0.2) is 46.7 Å². The Morgan fingerprint density at radius 1 is 0.838 bits per heavy atom. The third-order valence-corrected chi connectivity index (χ3v) is 9.28. The molecule has 1 fully saturated rings. The van der Waals surface area contributed by atoms with Gasteiger partial charge in [-0.1, -0.05) is 23.7 Å². The van der Waals surface area contributed by atoms with Crippen molar-refractivity contribution < 1.29 is 26.4 Å². The molecule has 0 aromatic heterocycles. The number of hydrogen-bond donors (Lipinski definition) is 2. The van der Waals surface area contributed by atoms with Crippen molar-refractivity contribution in [1.29, 1.82) is 0 Å².